The van der Waals surface area contributed by atoms with Gasteiger partial charge in [-0.3, -0.25) is 30.9 Å². The van der Waals surface area contributed by atoms with Crippen molar-refractivity contribution in [1.29, 1.82) is 20.9 Å². The fraction of sp³-hybridized carbons (Fsp3) is 0.579. The Kier molecular flexibility index (Phi) is 38.3. The number of guanidine groups is 12. The summed E-state index contributed by atoms with van der Waals surface area (Å²) < 4.78 is 66.8. The van der Waals surface area contributed by atoms with Gasteiger partial charge in [0.1, 0.15) is 24.9 Å². The first-order valence-corrected chi connectivity index (χ1v) is 41.6. The molecule has 0 aliphatic carbocycles. The van der Waals surface area contributed by atoms with Gasteiger partial charge >= 0.3 is 30.0 Å². The van der Waals surface area contributed by atoms with Crippen molar-refractivity contribution in [2.75, 3.05) is 173 Å². The van der Waals surface area contributed by atoms with Crippen LogP contribution in [0.1, 0.15) is 55.4 Å². The van der Waals surface area contributed by atoms with Gasteiger partial charge < -0.3 is 111 Å². The van der Waals surface area contributed by atoms with Gasteiger partial charge in [0.2, 0.25) is 29.8 Å². The standard InChI is InChI=1S/C20H46N12P2.C15H31N10P.C12H20N3P.C10H26N21P/c1-16(2)22-34(24-18(4)29(8)9,25-19(5)30(10)11)27-33(21,23-17(3)28(6)7)26-20(31(12)13)32(14)15;1-20-7-8-21(2)13(20)17-26(16,18-14-22(3)9-10-23(14)4)19-15-24(5)11-12-25(15)6;1-11(2)13-16(5,15(3)4)14-12-9-7-6-8-10-12;1-2(11)23-8(24-3(12)13)29-32(22,30-9(25-4(14)15)26-5(16)17)31-10(27-6(18)19)28-7(20)21/h21H,1-15H3;16H,7-12H2,1-6H3;6-10H,1-5H3;1H3,(H23,11,12,13,14,15,16,17,18,19,20,21,22,23,24,25,26,27,28,29,30,31). The van der Waals surface area contributed by atoms with E-state index in [0.717, 1.165) is 74.3 Å². The Morgan fingerprint density at radius 1 is 0.407 bits per heavy atom. The number of likely N-dealkylation sites (N-methyl/N-ethyl adjacent to an activating group) is 6. The number of nitrogens with one attached hydrogen (secondary N) is 5. The number of hydrogen-bond donors (Lipinski definition) is 15. The van der Waals surface area contributed by atoms with Gasteiger partial charge in [-0.05, 0) is 81.6 Å². The first-order valence-electron chi connectivity index (χ1n) is 32.9. The van der Waals surface area contributed by atoms with E-state index in [1.54, 1.807) is 0 Å². The predicted octanol–water partition coefficient (Wildman–Crippen LogP) is 3.12. The fourth-order valence-corrected chi connectivity index (χ4v) is 18.0. The first kappa shape index (κ1) is 96.0. The second-order valence-electron chi connectivity index (χ2n) is 25.8. The van der Waals surface area contributed by atoms with Crippen molar-refractivity contribution in [3.8, 4) is 0 Å². The molecular weight excluding hydrogens is 1480 g/mol. The quantitative estimate of drug-likeness (QED) is 0.0681. The van der Waals surface area contributed by atoms with Crippen LogP contribution in [0.3, 0.4) is 0 Å². The van der Waals surface area contributed by atoms with Crippen LogP contribution in [0.4, 0.5) is 5.69 Å². The number of aliphatic imine (C=N–C) groups is 5. The van der Waals surface area contributed by atoms with Crippen molar-refractivity contribution in [2.24, 2.45) is 149 Å². The van der Waals surface area contributed by atoms with Crippen LogP contribution in [0.2, 0.25) is 0 Å². The molecule has 606 valence electrons. The Morgan fingerprint density at radius 2 is 0.741 bits per heavy atom. The highest BCUT2D eigenvalue weighted by molar-refractivity contribution is 7.73. The second kappa shape index (κ2) is 43.1. The molecule has 3 aliphatic rings. The molecule has 0 spiro atoms. The summed E-state index contributed by atoms with van der Waals surface area (Å²) in [6, 6.07) is 10.0. The Bertz CT molecular complexity index is 3790. The van der Waals surface area contributed by atoms with Crippen molar-refractivity contribution >= 4 is 149 Å². The molecule has 3 saturated heterocycles. The number of nitrogens with two attached hydrogens (primary N) is 10. The van der Waals surface area contributed by atoms with Crippen LogP contribution in [0.25, 0.3) is 0 Å². The lowest BCUT2D eigenvalue weighted by Gasteiger charge is -2.26. The van der Waals surface area contributed by atoms with Gasteiger partial charge in [-0.25, -0.2) is 19.3 Å². The van der Waals surface area contributed by atoms with Crippen molar-refractivity contribution in [3.05, 3.63) is 30.3 Å². The Morgan fingerprint density at radius 3 is 1.02 bits per heavy atom. The zero-order chi connectivity index (χ0) is 83.3. The molecule has 2 unspecified atom stereocenters. The number of rotatable bonds is 15. The molecule has 1 aromatic carbocycles. The van der Waals surface area contributed by atoms with Crippen molar-refractivity contribution in [2.45, 2.75) is 55.4 Å². The molecule has 25 N–H and O–H groups in total. The van der Waals surface area contributed by atoms with E-state index in [0.29, 0.717) is 23.5 Å². The van der Waals surface area contributed by atoms with Gasteiger partial charge in [-0.2, -0.15) is 72.1 Å². The van der Waals surface area contributed by atoms with Gasteiger partial charge in [0.25, 0.3) is 11.9 Å². The molecule has 0 aromatic heterocycles. The molecule has 3 fully saturated rings. The van der Waals surface area contributed by atoms with Gasteiger partial charge in [0.05, 0.1) is 11.5 Å². The van der Waals surface area contributed by atoms with E-state index in [2.05, 4.69) is 85.3 Å². The summed E-state index contributed by atoms with van der Waals surface area (Å²) >= 11 is 0. The minimum Gasteiger partial charge on any atom is -0.387 e. The van der Waals surface area contributed by atoms with Crippen LogP contribution < -0.4 is 62.7 Å². The molecule has 0 bridgehead atoms. The van der Waals surface area contributed by atoms with E-state index in [4.69, 9.17) is 125 Å². The fourth-order valence-electron chi connectivity index (χ4n) is 8.17. The normalized spacial score (nSPS) is 15.7. The topological polar surface area (TPSA) is 641 Å². The van der Waals surface area contributed by atoms with Crippen LogP contribution in [-0.4, -0.2) is 338 Å². The minimum atomic E-state index is -4.21. The summed E-state index contributed by atoms with van der Waals surface area (Å²) in [4.78, 5) is 39.9. The molecule has 4 rings (SSSR count). The molecule has 2 atom stereocenters. The average molecular weight is 1610 g/mol. The zero-order valence-corrected chi connectivity index (χ0v) is 72.5. The third-order valence-electron chi connectivity index (χ3n) is 13.8. The van der Waals surface area contributed by atoms with Crippen LogP contribution >= 0.6 is 37.4 Å². The number of amidine groups is 4. The molecular formula is C57H123N46P5. The van der Waals surface area contributed by atoms with Crippen molar-refractivity contribution in [3.63, 3.8) is 0 Å². The van der Waals surface area contributed by atoms with Gasteiger partial charge in [0, 0.05) is 170 Å². The van der Waals surface area contributed by atoms with E-state index in [1.807, 2.05) is 230 Å². The summed E-state index contributed by atoms with van der Waals surface area (Å²) in [6.07, 6.45) is 0. The summed E-state index contributed by atoms with van der Waals surface area (Å²) in [5.74, 6) is 0.698. The molecule has 1 aromatic rings. The largest absolute Gasteiger partial charge is 0.387 e. The van der Waals surface area contributed by atoms with Gasteiger partial charge in [-0.15, -0.1) is 0 Å². The first-order chi connectivity index (χ1) is 49.6. The summed E-state index contributed by atoms with van der Waals surface area (Å²) in [6.45, 7) is 22.4. The Balaban J connectivity index is 0.000000739. The van der Waals surface area contributed by atoms with E-state index < -0.39 is 85.1 Å². The maximum atomic E-state index is 9.45. The number of benzene rings is 1. The van der Waals surface area contributed by atoms with Crippen LogP contribution in [-0.2, 0) is 0 Å². The molecule has 0 saturated carbocycles. The minimum absolute atomic E-state index is 0.0284. The highest BCUT2D eigenvalue weighted by atomic mass is 31.2. The van der Waals surface area contributed by atoms with E-state index >= 15 is 0 Å². The Hall–Kier alpha value is -10.0. The lowest BCUT2D eigenvalue weighted by molar-refractivity contribution is 0.486. The lowest BCUT2D eigenvalue weighted by Crippen LogP contribution is -2.35. The zero-order valence-electron chi connectivity index (χ0n) is 68.0. The maximum absolute atomic E-state index is 9.45. The summed E-state index contributed by atoms with van der Waals surface area (Å²) in [5.41, 5.74) is 56.3. The Labute approximate surface area is 638 Å². The van der Waals surface area contributed by atoms with E-state index in [9.17, 15) is 5.16 Å². The third-order valence-corrected chi connectivity index (χ3v) is 24.2. The molecule has 51 heteroatoms. The second-order valence-corrected chi connectivity index (χ2v) is 36.1. The van der Waals surface area contributed by atoms with Crippen molar-refractivity contribution < 1.29 is 0 Å². The van der Waals surface area contributed by atoms with Gasteiger partial charge in [-0.1, -0.05) is 18.2 Å². The van der Waals surface area contributed by atoms with E-state index in [1.165, 1.54) is 6.92 Å². The molecule has 0 radical (unpaired) electrons. The molecule has 3 heterocycles. The highest BCUT2D eigenvalue weighted by Gasteiger charge is 2.33. The average Bonchev–Trinajstić information content (AvgIpc) is 1.29. The molecule has 3 aliphatic heterocycles. The number of nitrogens with zero attached hydrogens (tertiary/aromatic N) is 31. The SMILES string of the molecule is CC(C)=NP(C)(=Nc1ccccc1)N(C)C.CC(C)=NP(N=C(C)N(C)C)(N=C(C)N(C)C)=NP(=N)(N=C(C)N(C)C)N=C(N(C)C)N(C)C.CC(N)=NC(=NP(=N)(N=C(N=C(N)N)N=C(N)N)N=C(N=C(N)N)N=C(N)N)NC(=N)N.CN1CCN(C)C1=NP(=N)(N=C1N(C)CCN1C)N=C1N(C)CCN1C. The summed E-state index contributed by atoms with van der Waals surface area (Å²) in [5, 5.41) is 36.9. The smallest absolute Gasteiger partial charge is 0.311 e. The van der Waals surface area contributed by atoms with Crippen LogP contribution in [0, 0.1) is 20.9 Å². The van der Waals surface area contributed by atoms with E-state index in [-0.39, 0.29) is 5.84 Å². The van der Waals surface area contributed by atoms with Crippen molar-refractivity contribution in [1.82, 2.24) is 63.9 Å². The molecule has 0 amide bonds. The summed E-state index contributed by atoms with van der Waals surface area (Å²) in [7, 11) is 19.3. The lowest BCUT2D eigenvalue weighted by atomic mass is 10.3. The van der Waals surface area contributed by atoms with Crippen LogP contribution in [0.15, 0.2) is 122 Å². The van der Waals surface area contributed by atoms with Gasteiger partial charge in [0.15, 0.2) is 29.8 Å². The van der Waals surface area contributed by atoms with Crippen LogP contribution in [0.5, 0.6) is 0 Å². The third kappa shape index (κ3) is 34.7. The molecule has 46 nitrogen and oxygen atoms in total. The maximum Gasteiger partial charge on any atom is 0.311 e. The number of hydrogen-bond acceptors (Lipinski definition) is 5. The highest BCUT2D eigenvalue weighted by Crippen LogP contribution is 2.68. The molecule has 108 heavy (non-hydrogen) atoms. The predicted molar refractivity (Wildman–Crippen MR) is 462 cm³/mol. The monoisotopic (exact) mass is 1610 g/mol.